The maximum Gasteiger partial charge on any atom is 0.327 e. The van der Waals surface area contributed by atoms with Crippen LogP contribution in [0, 0.1) is 5.92 Å². The van der Waals surface area contributed by atoms with Crippen molar-refractivity contribution in [3.05, 3.63) is 25.3 Å². The lowest BCUT2D eigenvalue weighted by atomic mass is 9.98. The van der Waals surface area contributed by atoms with E-state index in [-0.39, 0.29) is 19.0 Å². The molecule has 2 rings (SSSR count). The van der Waals surface area contributed by atoms with Crippen molar-refractivity contribution in [2.75, 3.05) is 24.6 Å². The van der Waals surface area contributed by atoms with Crippen molar-refractivity contribution in [2.24, 2.45) is 5.92 Å². The van der Waals surface area contributed by atoms with Crippen LogP contribution in [-0.2, 0) is 0 Å². The number of anilines is 1. The van der Waals surface area contributed by atoms with Crippen molar-refractivity contribution < 1.29 is 5.11 Å². The van der Waals surface area contributed by atoms with Crippen LogP contribution in [0.1, 0.15) is 12.8 Å². The third-order valence-electron chi connectivity index (χ3n) is 3.06. The fourth-order valence-corrected chi connectivity index (χ4v) is 2.47. The van der Waals surface area contributed by atoms with E-state index in [0.29, 0.717) is 16.2 Å². The van der Waals surface area contributed by atoms with Crippen LogP contribution < -0.4 is 16.1 Å². The zero-order valence-corrected chi connectivity index (χ0v) is 12.0. The molecule has 1 saturated heterocycles. The molecule has 1 aliphatic rings. The Morgan fingerprint density at radius 3 is 2.44 bits per heavy atom. The Bertz CT molecular complexity index is 508. The molecule has 0 atom stereocenters. The maximum atomic E-state index is 11.4. The third kappa shape index (κ3) is 3.15. The number of aliphatic hydroxyl groups excluding tert-OH is 1. The van der Waals surface area contributed by atoms with Crippen LogP contribution >= 0.6 is 28.3 Å². The van der Waals surface area contributed by atoms with Gasteiger partial charge in [-0.1, -0.05) is 0 Å². The third-order valence-corrected chi connectivity index (χ3v) is 3.79. The lowest BCUT2D eigenvalue weighted by molar-refractivity contribution is 0.202. The summed E-state index contributed by atoms with van der Waals surface area (Å²) in [5.41, 5.74) is -0.925. The summed E-state index contributed by atoms with van der Waals surface area (Å²) in [6.45, 7) is 1.65. The van der Waals surface area contributed by atoms with Gasteiger partial charge in [-0.3, -0.25) is 14.8 Å². The fourth-order valence-electron chi connectivity index (χ4n) is 2.02. The summed E-state index contributed by atoms with van der Waals surface area (Å²) in [6, 6.07) is 0. The van der Waals surface area contributed by atoms with Crippen molar-refractivity contribution in [3.63, 3.8) is 0 Å². The highest BCUT2D eigenvalue weighted by atomic mass is 79.9. The van der Waals surface area contributed by atoms with E-state index in [1.54, 1.807) is 0 Å². The zero-order valence-electron chi connectivity index (χ0n) is 9.61. The minimum absolute atomic E-state index is 0. The number of nitrogens with one attached hydrogen (secondary N) is 2. The van der Waals surface area contributed by atoms with Gasteiger partial charge in [-0.05, 0) is 34.7 Å². The van der Waals surface area contributed by atoms with Crippen LogP contribution in [0.4, 0.5) is 5.82 Å². The molecule has 3 N–H and O–H groups in total. The van der Waals surface area contributed by atoms with Crippen molar-refractivity contribution in [1.29, 1.82) is 0 Å². The molecule has 102 valence electrons. The van der Waals surface area contributed by atoms with Gasteiger partial charge in [-0.2, -0.15) is 0 Å². The first-order chi connectivity index (χ1) is 8.11. The molecule has 0 aliphatic carbocycles. The lowest BCUT2D eigenvalue weighted by Gasteiger charge is -2.32. The van der Waals surface area contributed by atoms with Crippen molar-refractivity contribution >= 4 is 34.2 Å². The molecule has 18 heavy (non-hydrogen) atoms. The van der Waals surface area contributed by atoms with E-state index in [4.69, 9.17) is 5.11 Å². The second-order valence-electron chi connectivity index (χ2n) is 4.18. The molecule has 0 unspecified atom stereocenters. The van der Waals surface area contributed by atoms with Gasteiger partial charge >= 0.3 is 5.69 Å². The van der Waals surface area contributed by atoms with E-state index in [0.717, 1.165) is 25.9 Å². The summed E-state index contributed by atoms with van der Waals surface area (Å²) < 4.78 is 0.347. The molecule has 8 heteroatoms. The number of nitrogens with zero attached hydrogens (tertiary/aromatic N) is 1. The number of piperidine rings is 1. The zero-order chi connectivity index (χ0) is 12.4. The molecule has 0 bridgehead atoms. The van der Waals surface area contributed by atoms with Gasteiger partial charge in [0.25, 0.3) is 5.56 Å². The summed E-state index contributed by atoms with van der Waals surface area (Å²) in [6.07, 6.45) is 1.72. The van der Waals surface area contributed by atoms with Crippen LogP contribution in [0.2, 0.25) is 0 Å². The molecule has 1 fully saturated rings. The first-order valence-corrected chi connectivity index (χ1v) is 6.29. The topological polar surface area (TPSA) is 89.2 Å². The molecule has 1 aromatic rings. The van der Waals surface area contributed by atoms with E-state index in [1.165, 1.54) is 0 Å². The second kappa shape index (κ2) is 6.40. The number of rotatable bonds is 2. The molecule has 2 heterocycles. The number of aromatic nitrogens is 2. The van der Waals surface area contributed by atoms with Gasteiger partial charge in [-0.25, -0.2) is 4.79 Å². The Labute approximate surface area is 118 Å². The predicted molar refractivity (Wildman–Crippen MR) is 74.7 cm³/mol. The smallest absolute Gasteiger partial charge is 0.327 e. The van der Waals surface area contributed by atoms with E-state index in [2.05, 4.69) is 25.9 Å². The van der Waals surface area contributed by atoms with Gasteiger partial charge in [0.15, 0.2) is 0 Å². The van der Waals surface area contributed by atoms with E-state index < -0.39 is 11.2 Å². The highest BCUT2D eigenvalue weighted by Gasteiger charge is 2.21. The molecule has 1 aromatic heterocycles. The Morgan fingerprint density at radius 1 is 1.28 bits per heavy atom. The van der Waals surface area contributed by atoms with Gasteiger partial charge in [0.05, 0.1) is 0 Å². The van der Waals surface area contributed by atoms with E-state index in [1.807, 2.05) is 4.90 Å². The van der Waals surface area contributed by atoms with Gasteiger partial charge < -0.3 is 10.0 Å². The summed E-state index contributed by atoms with van der Waals surface area (Å²) >= 11 is 3.18. The van der Waals surface area contributed by atoms with Crippen molar-refractivity contribution in [2.45, 2.75) is 12.8 Å². The SMILES string of the molecule is Cl.O=c1[nH]c(N2CCC(CO)CC2)c(Br)c(=O)[nH]1. The average Bonchev–Trinajstić information content (AvgIpc) is 2.34. The molecular weight excluding hydrogens is 325 g/mol. The average molecular weight is 341 g/mol. The highest BCUT2D eigenvalue weighted by molar-refractivity contribution is 9.10. The summed E-state index contributed by atoms with van der Waals surface area (Å²) in [4.78, 5) is 29.4. The summed E-state index contributed by atoms with van der Waals surface area (Å²) in [5, 5.41) is 9.05. The monoisotopic (exact) mass is 339 g/mol. The summed E-state index contributed by atoms with van der Waals surface area (Å²) in [5.74, 6) is 0.842. The molecule has 0 aromatic carbocycles. The van der Waals surface area contributed by atoms with Crippen LogP contribution in [0.3, 0.4) is 0 Å². The highest BCUT2D eigenvalue weighted by Crippen LogP contribution is 2.24. The molecule has 6 nitrogen and oxygen atoms in total. The Kier molecular flexibility index (Phi) is 5.43. The number of hydrogen-bond acceptors (Lipinski definition) is 4. The number of H-pyrrole nitrogens is 2. The van der Waals surface area contributed by atoms with Gasteiger partial charge in [0, 0.05) is 19.7 Å². The van der Waals surface area contributed by atoms with E-state index in [9.17, 15) is 9.59 Å². The first kappa shape index (κ1) is 15.3. The quantitative estimate of drug-likeness (QED) is 0.729. The van der Waals surface area contributed by atoms with Crippen LogP contribution in [0.25, 0.3) is 0 Å². The number of hydrogen-bond donors (Lipinski definition) is 3. The number of halogens is 2. The standard InChI is InChI=1S/C10H14BrN3O3.ClH/c11-7-8(12-10(17)13-9(7)16)14-3-1-6(5-15)2-4-14;/h6,15H,1-5H2,(H2,12,13,16,17);1H. The van der Waals surface area contributed by atoms with Crippen LogP contribution in [-0.4, -0.2) is 34.8 Å². The minimum atomic E-state index is -0.502. The largest absolute Gasteiger partial charge is 0.396 e. The number of aromatic amines is 2. The van der Waals surface area contributed by atoms with Crippen molar-refractivity contribution in [1.82, 2.24) is 9.97 Å². The Hall–Kier alpha value is -0.790. The minimum Gasteiger partial charge on any atom is -0.396 e. The van der Waals surface area contributed by atoms with Crippen molar-refractivity contribution in [3.8, 4) is 0 Å². The van der Waals surface area contributed by atoms with Crippen LogP contribution in [0.15, 0.2) is 14.1 Å². The second-order valence-corrected chi connectivity index (χ2v) is 4.98. The normalized spacial score (nSPS) is 16.4. The number of aliphatic hydroxyl groups is 1. The molecule has 0 spiro atoms. The molecule has 0 amide bonds. The lowest BCUT2D eigenvalue weighted by Crippen LogP contribution is -2.38. The van der Waals surface area contributed by atoms with Gasteiger partial charge in [0.2, 0.25) is 0 Å². The molecular formula is C10H15BrClN3O3. The van der Waals surface area contributed by atoms with Gasteiger partial charge in [0.1, 0.15) is 10.3 Å². The Morgan fingerprint density at radius 2 is 1.89 bits per heavy atom. The maximum absolute atomic E-state index is 11.4. The fraction of sp³-hybridized carbons (Fsp3) is 0.600. The first-order valence-electron chi connectivity index (χ1n) is 5.49. The van der Waals surface area contributed by atoms with Gasteiger partial charge in [-0.15, -0.1) is 12.4 Å². The Balaban J connectivity index is 0.00000162. The molecule has 0 saturated carbocycles. The molecule has 1 aliphatic heterocycles. The summed E-state index contributed by atoms with van der Waals surface area (Å²) in [7, 11) is 0. The van der Waals surface area contributed by atoms with Crippen LogP contribution in [0.5, 0.6) is 0 Å². The molecule has 0 radical (unpaired) electrons. The predicted octanol–water partition coefficient (Wildman–Crippen LogP) is 0.456. The van der Waals surface area contributed by atoms with E-state index >= 15 is 0 Å².